The number of ether oxygens (including phenoxy) is 1. The molecule has 0 aliphatic heterocycles. The maximum absolute atomic E-state index is 11.2. The van der Waals surface area contributed by atoms with Gasteiger partial charge in [0.25, 0.3) is 0 Å². The lowest BCUT2D eigenvalue weighted by molar-refractivity contribution is -0.140. The fourth-order valence-electron chi connectivity index (χ4n) is 2.13. The first-order chi connectivity index (χ1) is 9.95. The lowest BCUT2D eigenvalue weighted by Gasteiger charge is -2.29. The molecule has 0 saturated carbocycles. The molecule has 0 bridgehead atoms. The van der Waals surface area contributed by atoms with Crippen LogP contribution in [0.15, 0.2) is 24.3 Å². The van der Waals surface area contributed by atoms with Gasteiger partial charge in [0.2, 0.25) is 0 Å². The highest BCUT2D eigenvalue weighted by Crippen LogP contribution is 2.29. The van der Waals surface area contributed by atoms with Crippen LogP contribution in [0.25, 0.3) is 0 Å². The summed E-state index contributed by atoms with van der Waals surface area (Å²) < 4.78 is 5.68. The number of para-hydroxylation sites is 2. The van der Waals surface area contributed by atoms with E-state index in [4.69, 9.17) is 9.84 Å². The molecule has 4 heteroatoms. The summed E-state index contributed by atoms with van der Waals surface area (Å²) in [5, 5.41) is 9.17. The molecule has 0 radical (unpaired) electrons. The molecule has 1 unspecified atom stereocenters. The quantitative estimate of drug-likeness (QED) is 0.755. The fraction of sp³-hybridized carbons (Fsp3) is 0.588. The van der Waals surface area contributed by atoms with E-state index in [9.17, 15) is 4.79 Å². The zero-order chi connectivity index (χ0) is 15.8. The summed E-state index contributed by atoms with van der Waals surface area (Å²) in [4.78, 5) is 13.3. The van der Waals surface area contributed by atoms with E-state index in [0.29, 0.717) is 19.1 Å². The van der Waals surface area contributed by atoms with Crippen LogP contribution >= 0.6 is 0 Å². The van der Waals surface area contributed by atoms with Crippen molar-refractivity contribution in [1.82, 2.24) is 0 Å². The monoisotopic (exact) mass is 293 g/mol. The average Bonchev–Trinajstić information content (AvgIpc) is 2.44. The number of nitrogens with zero attached hydrogens (tertiary/aromatic N) is 1. The molecule has 1 aromatic carbocycles. The molecule has 1 aromatic rings. The lowest BCUT2D eigenvalue weighted by atomic mass is 10.1. The van der Waals surface area contributed by atoms with Crippen LogP contribution in [0.3, 0.4) is 0 Å². The summed E-state index contributed by atoms with van der Waals surface area (Å²) in [6.07, 6.45) is 1.02. The second-order valence-electron chi connectivity index (χ2n) is 5.77. The molecule has 0 amide bonds. The maximum atomic E-state index is 11.2. The number of carbonyl (C=O) groups is 1. The largest absolute Gasteiger partial charge is 0.492 e. The molecular weight excluding hydrogens is 266 g/mol. The second-order valence-corrected chi connectivity index (χ2v) is 5.77. The van der Waals surface area contributed by atoms with Gasteiger partial charge in [-0.05, 0) is 31.4 Å². The van der Waals surface area contributed by atoms with Crippen LogP contribution in [-0.2, 0) is 4.79 Å². The van der Waals surface area contributed by atoms with E-state index in [1.165, 1.54) is 0 Å². The van der Waals surface area contributed by atoms with E-state index in [-0.39, 0.29) is 0 Å². The molecule has 0 aromatic heterocycles. The number of aliphatic carboxylic acids is 1. The number of carboxylic acid groups (broad SMARTS) is 1. The molecule has 21 heavy (non-hydrogen) atoms. The van der Waals surface area contributed by atoms with Crippen molar-refractivity contribution in [1.29, 1.82) is 0 Å². The maximum Gasteiger partial charge on any atom is 0.308 e. The van der Waals surface area contributed by atoms with Gasteiger partial charge in [0.1, 0.15) is 5.75 Å². The smallest absolute Gasteiger partial charge is 0.308 e. The predicted octanol–water partition coefficient (Wildman–Crippen LogP) is 3.66. The Morgan fingerprint density at radius 3 is 2.52 bits per heavy atom. The van der Waals surface area contributed by atoms with E-state index in [1.54, 1.807) is 6.92 Å². The van der Waals surface area contributed by atoms with Crippen molar-refractivity contribution in [2.75, 3.05) is 24.6 Å². The van der Waals surface area contributed by atoms with Gasteiger partial charge in [0, 0.05) is 13.1 Å². The van der Waals surface area contributed by atoms with Crippen molar-refractivity contribution in [3.05, 3.63) is 24.3 Å². The Labute approximate surface area is 127 Å². The normalized spacial score (nSPS) is 12.2. The molecule has 1 N–H and O–H groups in total. The van der Waals surface area contributed by atoms with Gasteiger partial charge < -0.3 is 14.7 Å². The Morgan fingerprint density at radius 1 is 1.29 bits per heavy atom. The van der Waals surface area contributed by atoms with Crippen LogP contribution < -0.4 is 9.64 Å². The number of hydrogen-bond acceptors (Lipinski definition) is 3. The summed E-state index contributed by atoms with van der Waals surface area (Å²) in [5.74, 6) is 0.221. The third-order valence-corrected chi connectivity index (χ3v) is 3.40. The van der Waals surface area contributed by atoms with Crippen LogP contribution in [0, 0.1) is 11.8 Å². The minimum Gasteiger partial charge on any atom is -0.492 e. The first kappa shape index (κ1) is 17.3. The molecule has 0 spiro atoms. The van der Waals surface area contributed by atoms with Crippen LogP contribution in [0.2, 0.25) is 0 Å². The SMILES string of the molecule is CCOc1ccccc1N(CCC(C)C)CC(C)C(=O)O. The zero-order valence-corrected chi connectivity index (χ0v) is 13.5. The van der Waals surface area contributed by atoms with Crippen LogP contribution in [0.5, 0.6) is 5.75 Å². The van der Waals surface area contributed by atoms with Gasteiger partial charge in [0.15, 0.2) is 0 Å². The Morgan fingerprint density at radius 2 is 1.95 bits per heavy atom. The summed E-state index contributed by atoms with van der Waals surface area (Å²) in [6, 6.07) is 7.84. The van der Waals surface area contributed by atoms with Crippen molar-refractivity contribution < 1.29 is 14.6 Å². The minimum absolute atomic E-state index is 0.410. The molecule has 4 nitrogen and oxygen atoms in total. The molecular formula is C17H27NO3. The summed E-state index contributed by atoms with van der Waals surface area (Å²) >= 11 is 0. The van der Waals surface area contributed by atoms with Gasteiger partial charge in [-0.25, -0.2) is 0 Å². The molecule has 0 aliphatic rings. The Balaban J connectivity index is 2.96. The van der Waals surface area contributed by atoms with Crippen molar-refractivity contribution in [3.63, 3.8) is 0 Å². The highest BCUT2D eigenvalue weighted by atomic mass is 16.5. The van der Waals surface area contributed by atoms with Crippen LogP contribution in [0.1, 0.15) is 34.1 Å². The highest BCUT2D eigenvalue weighted by Gasteiger charge is 2.19. The second kappa shape index (κ2) is 8.55. The molecule has 1 atom stereocenters. The van der Waals surface area contributed by atoms with Crippen molar-refractivity contribution >= 4 is 11.7 Å². The van der Waals surface area contributed by atoms with Gasteiger partial charge in [0.05, 0.1) is 18.2 Å². The van der Waals surface area contributed by atoms with E-state index in [1.807, 2.05) is 31.2 Å². The van der Waals surface area contributed by atoms with E-state index >= 15 is 0 Å². The minimum atomic E-state index is -0.765. The zero-order valence-electron chi connectivity index (χ0n) is 13.5. The highest BCUT2D eigenvalue weighted by molar-refractivity contribution is 5.71. The number of hydrogen-bond donors (Lipinski definition) is 1. The molecule has 0 fully saturated rings. The standard InChI is InChI=1S/C17H27NO3/c1-5-21-16-9-7-6-8-15(16)18(11-10-13(2)3)12-14(4)17(19)20/h6-9,13-14H,5,10-12H2,1-4H3,(H,19,20). The molecule has 0 aliphatic carbocycles. The van der Waals surface area contributed by atoms with Gasteiger partial charge >= 0.3 is 5.97 Å². The molecule has 118 valence electrons. The third-order valence-electron chi connectivity index (χ3n) is 3.40. The number of carboxylic acids is 1. The van der Waals surface area contributed by atoms with Gasteiger partial charge in [-0.15, -0.1) is 0 Å². The number of rotatable bonds is 9. The van der Waals surface area contributed by atoms with Crippen molar-refractivity contribution in [2.45, 2.75) is 34.1 Å². The number of anilines is 1. The number of benzene rings is 1. The summed E-state index contributed by atoms with van der Waals surface area (Å²) in [5.41, 5.74) is 0.980. The van der Waals surface area contributed by atoms with E-state index in [0.717, 1.165) is 24.4 Å². The van der Waals surface area contributed by atoms with Gasteiger partial charge in [-0.2, -0.15) is 0 Å². The lowest BCUT2D eigenvalue weighted by Crippen LogP contribution is -2.33. The van der Waals surface area contributed by atoms with Gasteiger partial charge in [-0.3, -0.25) is 4.79 Å². The topological polar surface area (TPSA) is 49.8 Å². The van der Waals surface area contributed by atoms with Crippen LogP contribution in [-0.4, -0.2) is 30.8 Å². The third kappa shape index (κ3) is 5.66. The Bertz CT molecular complexity index is 445. The van der Waals surface area contributed by atoms with Crippen molar-refractivity contribution in [2.24, 2.45) is 11.8 Å². The summed E-state index contributed by atoms with van der Waals surface area (Å²) in [6.45, 7) is 9.97. The first-order valence-corrected chi connectivity index (χ1v) is 7.65. The fourth-order valence-corrected chi connectivity index (χ4v) is 2.13. The average molecular weight is 293 g/mol. The first-order valence-electron chi connectivity index (χ1n) is 7.65. The van der Waals surface area contributed by atoms with Gasteiger partial charge in [-0.1, -0.05) is 32.9 Å². The van der Waals surface area contributed by atoms with E-state index in [2.05, 4.69) is 18.7 Å². The Hall–Kier alpha value is -1.71. The Kier molecular flexibility index (Phi) is 7.06. The summed E-state index contributed by atoms with van der Waals surface area (Å²) in [7, 11) is 0. The molecule has 1 rings (SSSR count). The van der Waals surface area contributed by atoms with E-state index < -0.39 is 11.9 Å². The molecule has 0 heterocycles. The predicted molar refractivity (Wildman–Crippen MR) is 86.1 cm³/mol. The van der Waals surface area contributed by atoms with Crippen molar-refractivity contribution in [3.8, 4) is 5.75 Å². The van der Waals surface area contributed by atoms with Crippen LogP contribution in [0.4, 0.5) is 5.69 Å². The molecule has 0 saturated heterocycles.